The highest BCUT2D eigenvalue weighted by Crippen LogP contribution is 2.26. The molecule has 2 amide bonds. The molecule has 0 aliphatic carbocycles. The lowest BCUT2D eigenvalue weighted by Crippen LogP contribution is -2.20. The van der Waals surface area contributed by atoms with Gasteiger partial charge in [-0.2, -0.15) is 4.99 Å². The maximum Gasteiger partial charge on any atom is 0.279 e. The normalized spacial score (nSPS) is 17.5. The van der Waals surface area contributed by atoms with E-state index in [9.17, 15) is 9.59 Å². The van der Waals surface area contributed by atoms with Crippen molar-refractivity contribution in [1.29, 1.82) is 0 Å². The number of amidine groups is 1. The van der Waals surface area contributed by atoms with Gasteiger partial charge in [0, 0.05) is 5.56 Å². The average molecular weight is 322 g/mol. The summed E-state index contributed by atoms with van der Waals surface area (Å²) in [6.45, 7) is 2.01. The van der Waals surface area contributed by atoms with E-state index >= 15 is 0 Å². The summed E-state index contributed by atoms with van der Waals surface area (Å²) in [5, 5.41) is 2.93. The van der Waals surface area contributed by atoms with Crippen LogP contribution in [0.3, 0.4) is 0 Å². The van der Waals surface area contributed by atoms with Crippen molar-refractivity contribution < 1.29 is 9.59 Å². The number of benzene rings is 2. The van der Waals surface area contributed by atoms with Gasteiger partial charge in [0.25, 0.3) is 11.8 Å². The number of carbonyl (C=O) groups is 2. The minimum absolute atomic E-state index is 0.241. The Bertz CT molecular complexity index is 809. The van der Waals surface area contributed by atoms with Crippen LogP contribution in [0.15, 0.2) is 64.5 Å². The van der Waals surface area contributed by atoms with Crippen LogP contribution in [0.1, 0.15) is 21.5 Å². The number of carbonyl (C=O) groups excluding carboxylic acids is 2. The van der Waals surface area contributed by atoms with Crippen molar-refractivity contribution in [2.24, 2.45) is 4.99 Å². The molecule has 4 nitrogen and oxygen atoms in total. The summed E-state index contributed by atoms with van der Waals surface area (Å²) in [7, 11) is 0. The zero-order valence-corrected chi connectivity index (χ0v) is 13.3. The lowest BCUT2D eigenvalue weighted by molar-refractivity contribution is -0.115. The summed E-state index contributed by atoms with van der Waals surface area (Å²) in [5.41, 5.74) is 2.58. The zero-order chi connectivity index (χ0) is 16.2. The number of hydrogen-bond acceptors (Lipinski definition) is 3. The van der Waals surface area contributed by atoms with Crippen molar-refractivity contribution in [3.05, 3.63) is 76.2 Å². The van der Waals surface area contributed by atoms with E-state index < -0.39 is 0 Å². The fourth-order valence-corrected chi connectivity index (χ4v) is 2.85. The van der Waals surface area contributed by atoms with Gasteiger partial charge in [-0.25, -0.2) is 0 Å². The maximum atomic E-state index is 12.0. The lowest BCUT2D eigenvalue weighted by Gasteiger charge is -1.96. The minimum atomic E-state index is -0.370. The molecule has 1 heterocycles. The van der Waals surface area contributed by atoms with E-state index in [1.807, 2.05) is 37.3 Å². The third-order valence-electron chi connectivity index (χ3n) is 3.25. The summed E-state index contributed by atoms with van der Waals surface area (Å²) in [6, 6.07) is 16.6. The van der Waals surface area contributed by atoms with Crippen molar-refractivity contribution in [1.82, 2.24) is 5.32 Å². The standard InChI is InChI=1S/C18H14N2O2S/c1-12-7-9-13(10-8-12)11-15-17(22)20-18(23-15)19-16(21)14-5-3-2-4-6-14/h2-11H,1H3,(H,19,20,21,22)/b15-11-. The van der Waals surface area contributed by atoms with E-state index in [0.29, 0.717) is 15.6 Å². The average Bonchev–Trinajstić information content (AvgIpc) is 2.90. The molecule has 0 spiro atoms. The van der Waals surface area contributed by atoms with E-state index in [1.54, 1.807) is 30.3 Å². The van der Waals surface area contributed by atoms with Crippen LogP contribution >= 0.6 is 11.8 Å². The second kappa shape index (κ2) is 6.62. The Morgan fingerprint density at radius 3 is 2.48 bits per heavy atom. The summed E-state index contributed by atoms with van der Waals surface area (Å²) in [6.07, 6.45) is 1.79. The van der Waals surface area contributed by atoms with Crippen molar-refractivity contribution in [3.8, 4) is 0 Å². The molecule has 0 radical (unpaired) electrons. The lowest BCUT2D eigenvalue weighted by atomic mass is 10.1. The first-order chi connectivity index (χ1) is 11.1. The van der Waals surface area contributed by atoms with E-state index in [1.165, 1.54) is 11.8 Å². The monoisotopic (exact) mass is 322 g/mol. The third-order valence-corrected chi connectivity index (χ3v) is 4.16. The van der Waals surface area contributed by atoms with Crippen molar-refractivity contribution in [2.75, 3.05) is 0 Å². The molecule has 114 valence electrons. The molecule has 0 aromatic heterocycles. The number of aryl methyl sites for hydroxylation is 1. The van der Waals surface area contributed by atoms with Gasteiger partial charge in [-0.15, -0.1) is 0 Å². The highest BCUT2D eigenvalue weighted by atomic mass is 32.2. The molecule has 0 saturated carbocycles. The minimum Gasteiger partial charge on any atom is -0.300 e. The first-order valence-electron chi connectivity index (χ1n) is 7.07. The molecule has 2 aromatic rings. The summed E-state index contributed by atoms with van der Waals surface area (Å²) < 4.78 is 0. The van der Waals surface area contributed by atoms with E-state index in [-0.39, 0.29) is 11.8 Å². The molecule has 5 heteroatoms. The molecule has 1 saturated heterocycles. The number of aliphatic imine (C=N–C) groups is 1. The molecule has 3 rings (SSSR count). The Hall–Kier alpha value is -2.66. The molecule has 23 heavy (non-hydrogen) atoms. The van der Waals surface area contributed by atoms with Crippen LogP contribution < -0.4 is 5.32 Å². The molecule has 1 aliphatic rings. The van der Waals surface area contributed by atoms with Gasteiger partial charge >= 0.3 is 0 Å². The topological polar surface area (TPSA) is 58.5 Å². The molecular weight excluding hydrogens is 308 g/mol. The first kappa shape index (κ1) is 15.2. The van der Waals surface area contributed by atoms with Crippen molar-refractivity contribution in [3.63, 3.8) is 0 Å². The van der Waals surface area contributed by atoms with Crippen LogP contribution in [0.5, 0.6) is 0 Å². The fourth-order valence-electron chi connectivity index (χ4n) is 2.03. The Kier molecular flexibility index (Phi) is 4.39. The zero-order valence-electron chi connectivity index (χ0n) is 12.4. The maximum absolute atomic E-state index is 12.0. The fraction of sp³-hybridized carbons (Fsp3) is 0.0556. The van der Waals surface area contributed by atoms with E-state index in [4.69, 9.17) is 0 Å². The van der Waals surface area contributed by atoms with Crippen LogP contribution in [0, 0.1) is 6.92 Å². The molecular formula is C18H14N2O2S. The molecule has 2 aromatic carbocycles. The summed E-state index contributed by atoms with van der Waals surface area (Å²) in [5.74, 6) is -0.611. The van der Waals surface area contributed by atoms with Crippen LogP contribution in [-0.4, -0.2) is 17.0 Å². The van der Waals surface area contributed by atoms with Crippen LogP contribution in [0.25, 0.3) is 6.08 Å². The SMILES string of the molecule is Cc1ccc(/C=C2\SC(=NC(=O)c3ccccc3)NC2=O)cc1. The summed E-state index contributed by atoms with van der Waals surface area (Å²) in [4.78, 5) is 28.5. The molecule has 0 bridgehead atoms. The van der Waals surface area contributed by atoms with E-state index in [0.717, 1.165) is 11.1 Å². The Morgan fingerprint density at radius 2 is 1.78 bits per heavy atom. The first-order valence-corrected chi connectivity index (χ1v) is 7.89. The Labute approximate surface area is 138 Å². The van der Waals surface area contributed by atoms with Crippen molar-refractivity contribution in [2.45, 2.75) is 6.92 Å². The number of rotatable bonds is 2. The van der Waals surface area contributed by atoms with Crippen molar-refractivity contribution >= 4 is 34.8 Å². The highest BCUT2D eigenvalue weighted by Gasteiger charge is 2.24. The smallest absolute Gasteiger partial charge is 0.279 e. The molecule has 1 fully saturated rings. The molecule has 0 atom stereocenters. The quantitative estimate of drug-likeness (QED) is 0.862. The number of thioether (sulfide) groups is 1. The molecule has 1 N–H and O–H groups in total. The Morgan fingerprint density at radius 1 is 1.09 bits per heavy atom. The van der Waals surface area contributed by atoms with Gasteiger partial charge in [0.2, 0.25) is 0 Å². The molecule has 0 unspecified atom stereocenters. The van der Waals surface area contributed by atoms with Gasteiger partial charge in [0.1, 0.15) is 0 Å². The van der Waals surface area contributed by atoms with Crippen LogP contribution in [0.4, 0.5) is 0 Å². The van der Waals surface area contributed by atoms with Crippen LogP contribution in [0.2, 0.25) is 0 Å². The highest BCUT2D eigenvalue weighted by molar-refractivity contribution is 8.18. The summed E-state index contributed by atoms with van der Waals surface area (Å²) >= 11 is 1.17. The number of nitrogens with zero attached hydrogens (tertiary/aromatic N) is 1. The predicted molar refractivity (Wildman–Crippen MR) is 93.1 cm³/mol. The van der Waals surface area contributed by atoms with Gasteiger partial charge < -0.3 is 5.32 Å². The van der Waals surface area contributed by atoms with Gasteiger partial charge in [-0.05, 0) is 42.5 Å². The number of hydrogen-bond donors (Lipinski definition) is 1. The van der Waals surface area contributed by atoms with Gasteiger partial charge in [-0.3, -0.25) is 9.59 Å². The Balaban J connectivity index is 1.78. The largest absolute Gasteiger partial charge is 0.300 e. The van der Waals surface area contributed by atoms with Gasteiger partial charge in [0.15, 0.2) is 5.17 Å². The predicted octanol–water partition coefficient (Wildman–Crippen LogP) is 3.40. The third kappa shape index (κ3) is 3.76. The number of nitrogens with one attached hydrogen (secondary N) is 1. The van der Waals surface area contributed by atoms with Gasteiger partial charge in [-0.1, -0.05) is 48.0 Å². The molecule has 1 aliphatic heterocycles. The van der Waals surface area contributed by atoms with Crippen LogP contribution in [-0.2, 0) is 4.79 Å². The number of amides is 2. The van der Waals surface area contributed by atoms with E-state index in [2.05, 4.69) is 10.3 Å². The van der Waals surface area contributed by atoms with Gasteiger partial charge in [0.05, 0.1) is 4.91 Å². The second-order valence-electron chi connectivity index (χ2n) is 5.06. The second-order valence-corrected chi connectivity index (χ2v) is 6.09.